The van der Waals surface area contributed by atoms with Crippen LogP contribution in [0.4, 0.5) is 10.1 Å². The predicted molar refractivity (Wildman–Crippen MR) is 102 cm³/mol. The number of nitrogens with zero attached hydrogens (tertiary/aromatic N) is 2. The van der Waals surface area contributed by atoms with Crippen molar-refractivity contribution in [3.8, 4) is 0 Å². The van der Waals surface area contributed by atoms with Gasteiger partial charge in [0.2, 0.25) is 5.91 Å². The summed E-state index contributed by atoms with van der Waals surface area (Å²) in [4.78, 5) is 28.5. The number of halogens is 1. The summed E-state index contributed by atoms with van der Waals surface area (Å²) in [6.07, 6.45) is 0. The van der Waals surface area contributed by atoms with Gasteiger partial charge in [-0.2, -0.15) is 0 Å². The third-order valence-corrected chi connectivity index (χ3v) is 4.59. The van der Waals surface area contributed by atoms with E-state index in [9.17, 15) is 14.0 Å². The lowest BCUT2D eigenvalue weighted by molar-refractivity contribution is -0.117. The zero-order valence-electron chi connectivity index (χ0n) is 15.0. The van der Waals surface area contributed by atoms with Gasteiger partial charge in [-0.15, -0.1) is 0 Å². The standard InChI is InChI=1S/C20H23FN4O2/c21-17-5-7-18(8-6-17)23-19(26)14-24-9-11-25(12-10-24)20(27)16-3-1-15(13-22)2-4-16/h1-8H,9-14,22H2,(H,23,26). The van der Waals surface area contributed by atoms with Crippen LogP contribution in [0.1, 0.15) is 15.9 Å². The van der Waals surface area contributed by atoms with E-state index in [0.717, 1.165) is 5.56 Å². The number of hydrogen-bond acceptors (Lipinski definition) is 4. The molecule has 7 heteroatoms. The number of nitrogens with one attached hydrogen (secondary N) is 1. The summed E-state index contributed by atoms with van der Waals surface area (Å²) in [5, 5.41) is 2.75. The Bertz CT molecular complexity index is 785. The first-order valence-electron chi connectivity index (χ1n) is 8.91. The van der Waals surface area contributed by atoms with Crippen molar-refractivity contribution in [2.24, 2.45) is 5.73 Å². The highest BCUT2D eigenvalue weighted by molar-refractivity contribution is 5.94. The van der Waals surface area contributed by atoms with Crippen LogP contribution in [0.2, 0.25) is 0 Å². The zero-order chi connectivity index (χ0) is 19.2. The van der Waals surface area contributed by atoms with Crippen molar-refractivity contribution in [2.75, 3.05) is 38.0 Å². The fraction of sp³-hybridized carbons (Fsp3) is 0.300. The number of hydrogen-bond donors (Lipinski definition) is 2. The van der Waals surface area contributed by atoms with Crippen LogP contribution in [0.15, 0.2) is 48.5 Å². The molecule has 1 saturated heterocycles. The molecule has 0 atom stereocenters. The maximum absolute atomic E-state index is 12.9. The summed E-state index contributed by atoms with van der Waals surface area (Å²) in [5.74, 6) is -0.501. The Morgan fingerprint density at radius 3 is 2.19 bits per heavy atom. The molecule has 142 valence electrons. The van der Waals surface area contributed by atoms with E-state index in [1.165, 1.54) is 24.3 Å². The molecule has 2 aromatic carbocycles. The number of benzene rings is 2. The first kappa shape index (κ1) is 19.0. The number of anilines is 1. The smallest absolute Gasteiger partial charge is 0.253 e. The number of piperazine rings is 1. The first-order chi connectivity index (χ1) is 13.0. The number of carbonyl (C=O) groups excluding carboxylic acids is 2. The van der Waals surface area contributed by atoms with Gasteiger partial charge in [0.1, 0.15) is 5.82 Å². The highest BCUT2D eigenvalue weighted by atomic mass is 19.1. The molecule has 27 heavy (non-hydrogen) atoms. The van der Waals surface area contributed by atoms with E-state index in [4.69, 9.17) is 5.73 Å². The van der Waals surface area contributed by atoms with Gasteiger partial charge < -0.3 is 16.0 Å². The molecule has 0 unspecified atom stereocenters. The van der Waals surface area contributed by atoms with E-state index in [0.29, 0.717) is 44.0 Å². The van der Waals surface area contributed by atoms with Crippen LogP contribution in [0, 0.1) is 5.82 Å². The van der Waals surface area contributed by atoms with E-state index < -0.39 is 0 Å². The third kappa shape index (κ3) is 5.12. The minimum absolute atomic E-state index is 0.00557. The van der Waals surface area contributed by atoms with Crippen LogP contribution in [-0.2, 0) is 11.3 Å². The lowest BCUT2D eigenvalue weighted by Gasteiger charge is -2.34. The van der Waals surface area contributed by atoms with E-state index in [1.807, 2.05) is 17.0 Å². The summed E-state index contributed by atoms with van der Waals surface area (Å²) in [5.41, 5.74) is 7.78. The summed E-state index contributed by atoms with van der Waals surface area (Å²) >= 11 is 0. The van der Waals surface area contributed by atoms with E-state index in [2.05, 4.69) is 5.32 Å². The van der Waals surface area contributed by atoms with Crippen molar-refractivity contribution >= 4 is 17.5 Å². The Labute approximate surface area is 157 Å². The fourth-order valence-corrected chi connectivity index (χ4v) is 3.01. The average molecular weight is 370 g/mol. The topological polar surface area (TPSA) is 78.7 Å². The molecule has 1 aliphatic heterocycles. The van der Waals surface area contributed by atoms with Gasteiger partial charge in [0.15, 0.2) is 0 Å². The van der Waals surface area contributed by atoms with Crippen molar-refractivity contribution in [2.45, 2.75) is 6.54 Å². The highest BCUT2D eigenvalue weighted by Gasteiger charge is 2.23. The largest absolute Gasteiger partial charge is 0.336 e. The molecule has 0 aliphatic carbocycles. The van der Waals surface area contributed by atoms with Crippen LogP contribution in [0.5, 0.6) is 0 Å². The van der Waals surface area contributed by atoms with Crippen LogP contribution in [0.3, 0.4) is 0 Å². The monoisotopic (exact) mass is 370 g/mol. The van der Waals surface area contributed by atoms with Crippen LogP contribution in [0.25, 0.3) is 0 Å². The fourth-order valence-electron chi connectivity index (χ4n) is 3.01. The van der Waals surface area contributed by atoms with Gasteiger partial charge in [0.25, 0.3) is 5.91 Å². The second kappa shape index (κ2) is 8.75. The molecule has 3 rings (SSSR count). The molecule has 0 radical (unpaired) electrons. The minimum atomic E-state index is -0.341. The van der Waals surface area contributed by atoms with E-state index in [-0.39, 0.29) is 24.2 Å². The Balaban J connectivity index is 1.47. The van der Waals surface area contributed by atoms with Gasteiger partial charge in [-0.1, -0.05) is 12.1 Å². The van der Waals surface area contributed by atoms with Crippen molar-refractivity contribution in [3.05, 3.63) is 65.5 Å². The first-order valence-corrected chi connectivity index (χ1v) is 8.91. The highest BCUT2D eigenvalue weighted by Crippen LogP contribution is 2.11. The quantitative estimate of drug-likeness (QED) is 0.839. The van der Waals surface area contributed by atoms with Gasteiger partial charge in [-0.3, -0.25) is 14.5 Å². The zero-order valence-corrected chi connectivity index (χ0v) is 15.0. The maximum atomic E-state index is 12.9. The van der Waals surface area contributed by atoms with Gasteiger partial charge in [0.05, 0.1) is 6.54 Å². The normalized spacial score (nSPS) is 14.8. The van der Waals surface area contributed by atoms with Crippen LogP contribution < -0.4 is 11.1 Å². The predicted octanol–water partition coefficient (Wildman–Crippen LogP) is 1.68. The molecule has 1 heterocycles. The minimum Gasteiger partial charge on any atom is -0.336 e. The van der Waals surface area contributed by atoms with Gasteiger partial charge in [-0.05, 0) is 42.0 Å². The third-order valence-electron chi connectivity index (χ3n) is 4.59. The molecular weight excluding hydrogens is 347 g/mol. The summed E-state index contributed by atoms with van der Waals surface area (Å²) in [7, 11) is 0. The van der Waals surface area contributed by atoms with Crippen molar-refractivity contribution in [3.63, 3.8) is 0 Å². The molecule has 0 aromatic heterocycles. The molecule has 1 aliphatic rings. The van der Waals surface area contributed by atoms with E-state index >= 15 is 0 Å². The molecule has 2 aromatic rings. The Morgan fingerprint density at radius 2 is 1.59 bits per heavy atom. The van der Waals surface area contributed by atoms with E-state index in [1.54, 1.807) is 17.0 Å². The van der Waals surface area contributed by atoms with Crippen LogP contribution >= 0.6 is 0 Å². The molecule has 0 bridgehead atoms. The molecule has 3 N–H and O–H groups in total. The second-order valence-corrected chi connectivity index (χ2v) is 6.52. The lowest BCUT2D eigenvalue weighted by Crippen LogP contribution is -2.50. The Morgan fingerprint density at radius 1 is 0.963 bits per heavy atom. The molecule has 0 spiro atoms. The maximum Gasteiger partial charge on any atom is 0.253 e. The van der Waals surface area contributed by atoms with Gasteiger partial charge >= 0.3 is 0 Å². The van der Waals surface area contributed by atoms with Crippen molar-refractivity contribution in [1.82, 2.24) is 9.80 Å². The molecule has 6 nitrogen and oxygen atoms in total. The molecule has 2 amide bonds. The lowest BCUT2D eigenvalue weighted by atomic mass is 10.1. The van der Waals surface area contributed by atoms with Crippen molar-refractivity contribution in [1.29, 1.82) is 0 Å². The second-order valence-electron chi connectivity index (χ2n) is 6.52. The SMILES string of the molecule is NCc1ccc(C(=O)N2CCN(CC(=O)Nc3ccc(F)cc3)CC2)cc1. The summed E-state index contributed by atoms with van der Waals surface area (Å²) in [6, 6.07) is 13.0. The molecular formula is C20H23FN4O2. The summed E-state index contributed by atoms with van der Waals surface area (Å²) in [6.45, 7) is 3.09. The summed E-state index contributed by atoms with van der Waals surface area (Å²) < 4.78 is 12.9. The van der Waals surface area contributed by atoms with Gasteiger partial charge in [0, 0.05) is 44.0 Å². The number of rotatable bonds is 5. The van der Waals surface area contributed by atoms with Gasteiger partial charge in [-0.25, -0.2) is 4.39 Å². The Hall–Kier alpha value is -2.77. The average Bonchev–Trinajstić information content (AvgIpc) is 2.70. The van der Waals surface area contributed by atoms with Crippen molar-refractivity contribution < 1.29 is 14.0 Å². The van der Waals surface area contributed by atoms with Crippen LogP contribution in [-0.4, -0.2) is 54.3 Å². The molecule has 1 fully saturated rings. The molecule has 0 saturated carbocycles. The number of nitrogens with two attached hydrogens (primary N) is 1. The Kier molecular flexibility index (Phi) is 6.16. The number of amides is 2. The number of carbonyl (C=O) groups is 2.